The van der Waals surface area contributed by atoms with Gasteiger partial charge in [-0.15, -0.1) is 0 Å². The molecule has 3 nitrogen and oxygen atoms in total. The molecule has 29 heavy (non-hydrogen) atoms. The fourth-order valence-electron chi connectivity index (χ4n) is 5.60. The van der Waals surface area contributed by atoms with Gasteiger partial charge in [-0.3, -0.25) is 4.90 Å². The molecule has 1 saturated carbocycles. The summed E-state index contributed by atoms with van der Waals surface area (Å²) in [6, 6.07) is 6.93. The highest BCUT2D eigenvalue weighted by Crippen LogP contribution is 2.28. The van der Waals surface area contributed by atoms with Crippen molar-refractivity contribution in [3.05, 3.63) is 29.3 Å². The van der Waals surface area contributed by atoms with Crippen molar-refractivity contribution in [1.29, 1.82) is 0 Å². The lowest BCUT2D eigenvalue weighted by Crippen LogP contribution is -2.32. The van der Waals surface area contributed by atoms with Crippen LogP contribution in [-0.4, -0.2) is 49.1 Å². The van der Waals surface area contributed by atoms with Crippen LogP contribution < -0.4 is 4.74 Å². The predicted molar refractivity (Wildman–Crippen MR) is 122 cm³/mol. The first-order chi connectivity index (χ1) is 14.4. The summed E-state index contributed by atoms with van der Waals surface area (Å²) in [5.74, 6) is 2.02. The van der Waals surface area contributed by atoms with Crippen molar-refractivity contribution in [1.82, 2.24) is 9.80 Å². The van der Waals surface area contributed by atoms with Gasteiger partial charge in [0, 0.05) is 19.6 Å². The smallest absolute Gasteiger partial charge is 0.119 e. The van der Waals surface area contributed by atoms with Crippen molar-refractivity contribution in [2.45, 2.75) is 83.6 Å². The maximum absolute atomic E-state index is 6.14. The van der Waals surface area contributed by atoms with E-state index in [1.807, 2.05) is 0 Å². The second kappa shape index (κ2) is 11.4. The third kappa shape index (κ3) is 6.72. The number of fused-ring (bicyclic) bond motifs is 1. The minimum Gasteiger partial charge on any atom is -0.494 e. The van der Waals surface area contributed by atoms with E-state index in [2.05, 4.69) is 28.0 Å². The fraction of sp³-hybridized carbons (Fsp3) is 0.769. The number of hydrogen-bond donors (Lipinski definition) is 0. The van der Waals surface area contributed by atoms with Crippen LogP contribution in [0.5, 0.6) is 5.75 Å². The van der Waals surface area contributed by atoms with Gasteiger partial charge in [0.2, 0.25) is 0 Å². The Kier molecular flexibility index (Phi) is 8.30. The molecule has 0 bridgehead atoms. The summed E-state index contributed by atoms with van der Waals surface area (Å²) in [6.45, 7) is 8.36. The molecule has 0 N–H and O–H groups in total. The Bertz CT molecular complexity index is 605. The van der Waals surface area contributed by atoms with E-state index < -0.39 is 0 Å². The van der Waals surface area contributed by atoms with E-state index in [4.69, 9.17) is 4.74 Å². The Morgan fingerprint density at radius 2 is 1.55 bits per heavy atom. The fourth-order valence-corrected chi connectivity index (χ4v) is 5.60. The Morgan fingerprint density at radius 1 is 0.793 bits per heavy atom. The maximum atomic E-state index is 6.14. The summed E-state index contributed by atoms with van der Waals surface area (Å²) >= 11 is 0. The van der Waals surface area contributed by atoms with E-state index in [0.717, 1.165) is 31.2 Å². The second-order valence-corrected chi connectivity index (χ2v) is 9.73. The number of rotatable bonds is 7. The number of aryl methyl sites for hydroxylation is 1. The summed E-state index contributed by atoms with van der Waals surface area (Å²) in [5.41, 5.74) is 3.08. The van der Waals surface area contributed by atoms with Crippen molar-refractivity contribution in [2.75, 3.05) is 39.3 Å². The van der Waals surface area contributed by atoms with Crippen molar-refractivity contribution in [3.8, 4) is 5.75 Å². The second-order valence-electron chi connectivity index (χ2n) is 9.73. The van der Waals surface area contributed by atoms with E-state index in [0.29, 0.717) is 0 Å². The molecule has 1 aromatic rings. The molecule has 2 aliphatic heterocycles. The largest absolute Gasteiger partial charge is 0.494 e. The molecule has 0 atom stereocenters. The van der Waals surface area contributed by atoms with Crippen LogP contribution in [0.15, 0.2) is 18.2 Å². The Balaban J connectivity index is 1.27. The lowest BCUT2D eigenvalue weighted by molar-refractivity contribution is 0.187. The molecule has 0 amide bonds. The molecular weight excluding hydrogens is 356 g/mol. The first-order valence-corrected chi connectivity index (χ1v) is 12.6. The SMILES string of the molecule is c1cc2c(cc1OCCCN1CCCCC1)CCCCN(CC1CCCCC1)C2. The van der Waals surface area contributed by atoms with Crippen LogP contribution in [0.25, 0.3) is 0 Å². The van der Waals surface area contributed by atoms with Crippen LogP contribution >= 0.6 is 0 Å². The molecule has 1 aliphatic carbocycles. The summed E-state index contributed by atoms with van der Waals surface area (Å²) in [5, 5.41) is 0. The Hall–Kier alpha value is -1.06. The zero-order valence-corrected chi connectivity index (χ0v) is 18.5. The van der Waals surface area contributed by atoms with E-state index in [9.17, 15) is 0 Å². The minimum absolute atomic E-state index is 0.850. The van der Waals surface area contributed by atoms with Crippen LogP contribution in [-0.2, 0) is 13.0 Å². The van der Waals surface area contributed by atoms with Crippen molar-refractivity contribution in [3.63, 3.8) is 0 Å². The standard InChI is InChI=1S/C26H42N2O/c1-3-10-23(11-4-1)21-28-17-8-5-12-24-20-26(14-13-25(24)22-28)29-19-9-18-27-15-6-2-7-16-27/h13-14,20,23H,1-12,15-19,21-22H2. The molecule has 0 radical (unpaired) electrons. The highest BCUT2D eigenvalue weighted by molar-refractivity contribution is 5.36. The summed E-state index contributed by atoms with van der Waals surface area (Å²) in [7, 11) is 0. The van der Waals surface area contributed by atoms with Crippen LogP contribution in [0, 0.1) is 5.92 Å². The molecule has 0 unspecified atom stereocenters. The first-order valence-electron chi connectivity index (χ1n) is 12.6. The summed E-state index contributed by atoms with van der Waals surface area (Å²) in [4.78, 5) is 5.35. The highest BCUT2D eigenvalue weighted by atomic mass is 16.5. The third-order valence-electron chi connectivity index (χ3n) is 7.32. The number of likely N-dealkylation sites (tertiary alicyclic amines) is 1. The van der Waals surface area contributed by atoms with Gasteiger partial charge in [-0.2, -0.15) is 0 Å². The van der Waals surface area contributed by atoms with Crippen LogP contribution in [0.1, 0.15) is 81.8 Å². The van der Waals surface area contributed by atoms with Crippen LogP contribution in [0.2, 0.25) is 0 Å². The minimum atomic E-state index is 0.850. The highest BCUT2D eigenvalue weighted by Gasteiger charge is 2.19. The van der Waals surface area contributed by atoms with Gasteiger partial charge in [0.15, 0.2) is 0 Å². The number of hydrogen-bond acceptors (Lipinski definition) is 3. The van der Waals surface area contributed by atoms with Crippen molar-refractivity contribution >= 4 is 0 Å². The Labute approximate surface area is 178 Å². The number of ether oxygens (including phenoxy) is 1. The third-order valence-corrected chi connectivity index (χ3v) is 7.32. The number of nitrogens with zero attached hydrogens (tertiary/aromatic N) is 2. The number of piperidine rings is 1. The van der Waals surface area contributed by atoms with Crippen LogP contribution in [0.3, 0.4) is 0 Å². The topological polar surface area (TPSA) is 15.7 Å². The zero-order chi connectivity index (χ0) is 19.7. The first kappa shape index (κ1) is 21.2. The number of benzene rings is 1. The molecular formula is C26H42N2O. The van der Waals surface area contributed by atoms with Gasteiger partial charge >= 0.3 is 0 Å². The molecule has 3 aliphatic rings. The summed E-state index contributed by atoms with van der Waals surface area (Å²) in [6.07, 6.45) is 16.5. The van der Waals surface area contributed by atoms with E-state index in [-0.39, 0.29) is 0 Å². The van der Waals surface area contributed by atoms with Gasteiger partial charge in [-0.05, 0) is 100 Å². The van der Waals surface area contributed by atoms with E-state index in [1.54, 1.807) is 5.56 Å². The molecule has 2 heterocycles. The monoisotopic (exact) mass is 398 g/mol. The van der Waals surface area contributed by atoms with Gasteiger partial charge in [-0.25, -0.2) is 0 Å². The molecule has 0 spiro atoms. The molecule has 1 aromatic carbocycles. The molecule has 2 fully saturated rings. The van der Waals surface area contributed by atoms with Gasteiger partial charge in [0.05, 0.1) is 6.61 Å². The quantitative estimate of drug-likeness (QED) is 0.551. The normalized spacial score (nSPS) is 22.6. The van der Waals surface area contributed by atoms with Crippen molar-refractivity contribution < 1.29 is 4.74 Å². The average Bonchev–Trinajstić information content (AvgIpc) is 2.75. The molecule has 162 valence electrons. The Morgan fingerprint density at radius 3 is 2.41 bits per heavy atom. The predicted octanol–water partition coefficient (Wildman–Crippen LogP) is 5.66. The molecule has 0 aromatic heterocycles. The molecule has 3 heteroatoms. The summed E-state index contributed by atoms with van der Waals surface area (Å²) < 4.78 is 6.14. The van der Waals surface area contributed by atoms with Gasteiger partial charge in [0.25, 0.3) is 0 Å². The average molecular weight is 399 g/mol. The maximum Gasteiger partial charge on any atom is 0.119 e. The lowest BCUT2D eigenvalue weighted by atomic mass is 9.88. The molecule has 4 rings (SSSR count). The van der Waals surface area contributed by atoms with Gasteiger partial charge < -0.3 is 9.64 Å². The van der Waals surface area contributed by atoms with Gasteiger partial charge in [-0.1, -0.05) is 31.7 Å². The van der Waals surface area contributed by atoms with E-state index >= 15 is 0 Å². The van der Waals surface area contributed by atoms with E-state index in [1.165, 1.54) is 109 Å². The van der Waals surface area contributed by atoms with Gasteiger partial charge in [0.1, 0.15) is 5.75 Å². The van der Waals surface area contributed by atoms with Crippen LogP contribution in [0.4, 0.5) is 0 Å². The zero-order valence-electron chi connectivity index (χ0n) is 18.5. The lowest BCUT2D eigenvalue weighted by Gasteiger charge is -2.31. The van der Waals surface area contributed by atoms with Crippen molar-refractivity contribution in [2.24, 2.45) is 5.92 Å². The molecule has 1 saturated heterocycles.